The van der Waals surface area contributed by atoms with Gasteiger partial charge in [-0.2, -0.15) is 0 Å². The Morgan fingerprint density at radius 3 is 2.59 bits per heavy atom. The Balaban J connectivity index is 1.50. The Hall–Kier alpha value is -2.01. The zero-order valence-corrected chi connectivity index (χ0v) is 17.5. The molecule has 2 unspecified atom stereocenters. The molecule has 2 atom stereocenters. The lowest BCUT2D eigenvalue weighted by molar-refractivity contribution is -0.123. The van der Waals surface area contributed by atoms with E-state index in [0.717, 1.165) is 29.0 Å². The van der Waals surface area contributed by atoms with Gasteiger partial charge in [0.25, 0.3) is 5.91 Å². The minimum Gasteiger partial charge on any atom is -0.484 e. The van der Waals surface area contributed by atoms with E-state index in [0.29, 0.717) is 5.75 Å². The molecule has 1 N–H and O–H groups in total. The number of halogens is 1. The van der Waals surface area contributed by atoms with E-state index in [1.54, 1.807) is 0 Å². The maximum absolute atomic E-state index is 12.2. The molecule has 5 heteroatoms. The number of rotatable bonds is 6. The molecule has 144 valence electrons. The van der Waals surface area contributed by atoms with Crippen molar-refractivity contribution in [1.82, 2.24) is 5.32 Å². The number of carbonyl (C=O) groups is 1. The van der Waals surface area contributed by atoms with Gasteiger partial charge in [0, 0.05) is 23.2 Å². The van der Waals surface area contributed by atoms with Gasteiger partial charge in [-0.25, -0.2) is 0 Å². The molecule has 1 saturated heterocycles. The molecule has 1 aliphatic rings. The number of piperidine rings is 1. The summed E-state index contributed by atoms with van der Waals surface area (Å²) in [5.41, 5.74) is 2.36. The van der Waals surface area contributed by atoms with Crippen LogP contribution >= 0.6 is 15.9 Å². The van der Waals surface area contributed by atoms with Gasteiger partial charge in [-0.1, -0.05) is 35.0 Å². The average molecular weight is 431 g/mol. The Kier molecular flexibility index (Phi) is 6.78. The van der Waals surface area contributed by atoms with Gasteiger partial charge in [0.1, 0.15) is 5.75 Å². The minimum atomic E-state index is -0.126. The fraction of sp³-hybridized carbons (Fsp3) is 0.409. The van der Waals surface area contributed by atoms with Crippen LogP contribution in [0.1, 0.15) is 38.3 Å². The molecule has 2 aromatic carbocycles. The smallest absolute Gasteiger partial charge is 0.258 e. The van der Waals surface area contributed by atoms with Gasteiger partial charge in [0.2, 0.25) is 0 Å². The summed E-state index contributed by atoms with van der Waals surface area (Å²) in [5.74, 6) is 1.31. The van der Waals surface area contributed by atoms with Crippen molar-refractivity contribution in [3.05, 3.63) is 58.6 Å². The molecule has 0 aliphatic carbocycles. The van der Waals surface area contributed by atoms with Gasteiger partial charge >= 0.3 is 0 Å². The molecule has 2 aromatic rings. The number of carbonyl (C=O) groups excluding carboxylic acids is 1. The van der Waals surface area contributed by atoms with Gasteiger partial charge in [0.05, 0.1) is 6.04 Å². The number of hydrogen-bond acceptors (Lipinski definition) is 3. The maximum atomic E-state index is 12.2. The molecule has 1 amide bonds. The van der Waals surface area contributed by atoms with E-state index in [4.69, 9.17) is 4.74 Å². The Bertz CT molecular complexity index is 746. The number of amides is 1. The predicted octanol–water partition coefficient (Wildman–Crippen LogP) is 4.94. The molecular formula is C22H27BrN2O2. The number of benzene rings is 2. The highest BCUT2D eigenvalue weighted by atomic mass is 79.9. The lowest BCUT2D eigenvalue weighted by Crippen LogP contribution is -2.34. The first-order valence-electron chi connectivity index (χ1n) is 9.54. The van der Waals surface area contributed by atoms with Gasteiger partial charge in [-0.15, -0.1) is 0 Å². The summed E-state index contributed by atoms with van der Waals surface area (Å²) in [7, 11) is 0. The summed E-state index contributed by atoms with van der Waals surface area (Å²) in [5, 5.41) is 3.00. The Morgan fingerprint density at radius 1 is 1.22 bits per heavy atom. The fourth-order valence-electron chi connectivity index (χ4n) is 3.44. The molecule has 0 saturated carbocycles. The first-order chi connectivity index (χ1) is 13.0. The molecule has 1 fully saturated rings. The lowest BCUT2D eigenvalue weighted by Gasteiger charge is -2.33. The molecule has 3 rings (SSSR count). The van der Waals surface area contributed by atoms with Crippen LogP contribution in [0.3, 0.4) is 0 Å². The van der Waals surface area contributed by atoms with E-state index in [9.17, 15) is 4.79 Å². The second-order valence-electron chi connectivity index (χ2n) is 7.32. The topological polar surface area (TPSA) is 41.6 Å². The zero-order chi connectivity index (χ0) is 19.2. The van der Waals surface area contributed by atoms with E-state index in [1.807, 2.05) is 31.2 Å². The molecule has 0 bridgehead atoms. The van der Waals surface area contributed by atoms with Gasteiger partial charge < -0.3 is 15.0 Å². The molecule has 0 spiro atoms. The third-order valence-electron chi connectivity index (χ3n) is 4.98. The highest BCUT2D eigenvalue weighted by Gasteiger charge is 2.17. The highest BCUT2D eigenvalue weighted by Crippen LogP contribution is 2.24. The van der Waals surface area contributed by atoms with Crippen LogP contribution in [0.5, 0.6) is 5.75 Å². The summed E-state index contributed by atoms with van der Waals surface area (Å²) in [6.45, 7) is 6.57. The summed E-state index contributed by atoms with van der Waals surface area (Å²) >= 11 is 3.38. The predicted molar refractivity (Wildman–Crippen MR) is 113 cm³/mol. The standard InChI is InChI=1S/C22H27BrN2O2/c1-16-4-3-13-25(14-16)20-9-5-18(6-10-20)17(2)24-22(26)15-27-21-11-7-19(23)8-12-21/h5-12,16-17H,3-4,13-15H2,1-2H3,(H,24,26). The maximum Gasteiger partial charge on any atom is 0.258 e. The van der Waals surface area contributed by atoms with Crippen molar-refractivity contribution in [2.45, 2.75) is 32.7 Å². The van der Waals surface area contributed by atoms with Crippen LogP contribution in [0.2, 0.25) is 0 Å². The van der Waals surface area contributed by atoms with Crippen molar-refractivity contribution in [1.29, 1.82) is 0 Å². The molecule has 1 aliphatic heterocycles. The number of nitrogens with one attached hydrogen (secondary N) is 1. The Morgan fingerprint density at radius 2 is 1.93 bits per heavy atom. The van der Waals surface area contributed by atoms with E-state index in [-0.39, 0.29) is 18.6 Å². The summed E-state index contributed by atoms with van der Waals surface area (Å²) in [6.07, 6.45) is 2.58. The van der Waals surface area contributed by atoms with Crippen molar-refractivity contribution in [2.24, 2.45) is 5.92 Å². The van der Waals surface area contributed by atoms with E-state index >= 15 is 0 Å². The number of anilines is 1. The Labute approximate surface area is 170 Å². The minimum absolute atomic E-state index is 0.00964. The van der Waals surface area contributed by atoms with Gasteiger partial charge in [0.15, 0.2) is 6.61 Å². The first-order valence-corrected chi connectivity index (χ1v) is 10.3. The van der Waals surface area contributed by atoms with E-state index in [2.05, 4.69) is 57.3 Å². The van der Waals surface area contributed by atoms with Crippen molar-refractivity contribution >= 4 is 27.5 Å². The van der Waals surface area contributed by atoms with Gasteiger partial charge in [-0.3, -0.25) is 4.79 Å². The second kappa shape index (κ2) is 9.27. The zero-order valence-electron chi connectivity index (χ0n) is 16.0. The summed E-state index contributed by atoms with van der Waals surface area (Å²) < 4.78 is 6.51. The van der Waals surface area contributed by atoms with Crippen LogP contribution in [-0.4, -0.2) is 25.6 Å². The number of hydrogen-bond donors (Lipinski definition) is 1. The monoisotopic (exact) mass is 430 g/mol. The van der Waals surface area contributed by atoms with E-state index in [1.165, 1.54) is 18.5 Å². The number of ether oxygens (including phenoxy) is 1. The normalized spacial score (nSPS) is 18.0. The van der Waals surface area contributed by atoms with Crippen LogP contribution in [0.15, 0.2) is 53.0 Å². The highest BCUT2D eigenvalue weighted by molar-refractivity contribution is 9.10. The molecule has 27 heavy (non-hydrogen) atoms. The SMILES string of the molecule is CC1CCCN(c2ccc(C(C)NC(=O)COc3ccc(Br)cc3)cc2)C1. The van der Waals surface area contributed by atoms with Crippen LogP contribution in [-0.2, 0) is 4.79 Å². The molecule has 4 nitrogen and oxygen atoms in total. The summed E-state index contributed by atoms with van der Waals surface area (Å²) in [6, 6.07) is 15.9. The fourth-order valence-corrected chi connectivity index (χ4v) is 3.71. The molecule has 0 radical (unpaired) electrons. The molecular weight excluding hydrogens is 404 g/mol. The lowest BCUT2D eigenvalue weighted by atomic mass is 9.99. The van der Waals surface area contributed by atoms with Crippen LogP contribution < -0.4 is 15.0 Å². The second-order valence-corrected chi connectivity index (χ2v) is 8.23. The number of nitrogens with zero attached hydrogens (tertiary/aromatic N) is 1. The van der Waals surface area contributed by atoms with Crippen LogP contribution in [0.4, 0.5) is 5.69 Å². The van der Waals surface area contributed by atoms with Crippen molar-refractivity contribution < 1.29 is 9.53 Å². The van der Waals surface area contributed by atoms with Gasteiger partial charge in [-0.05, 0) is 67.6 Å². The first kappa shape index (κ1) is 19.7. The average Bonchev–Trinajstić information content (AvgIpc) is 2.67. The largest absolute Gasteiger partial charge is 0.484 e. The summed E-state index contributed by atoms with van der Waals surface area (Å²) in [4.78, 5) is 14.6. The quantitative estimate of drug-likeness (QED) is 0.705. The molecule has 0 aromatic heterocycles. The molecule has 1 heterocycles. The van der Waals surface area contributed by atoms with Crippen molar-refractivity contribution in [2.75, 3.05) is 24.6 Å². The van der Waals surface area contributed by atoms with Crippen molar-refractivity contribution in [3.63, 3.8) is 0 Å². The van der Waals surface area contributed by atoms with Crippen molar-refractivity contribution in [3.8, 4) is 5.75 Å². The third kappa shape index (κ3) is 5.73. The van der Waals surface area contributed by atoms with Crippen LogP contribution in [0, 0.1) is 5.92 Å². The van der Waals surface area contributed by atoms with E-state index < -0.39 is 0 Å². The van der Waals surface area contributed by atoms with Crippen LogP contribution in [0.25, 0.3) is 0 Å². The third-order valence-corrected chi connectivity index (χ3v) is 5.50.